The topological polar surface area (TPSA) is 34.1 Å². The van der Waals surface area contributed by atoms with Crippen LogP contribution in [0.2, 0.25) is 0 Å². The fourth-order valence-corrected chi connectivity index (χ4v) is 2.01. The van der Waals surface area contributed by atoms with Gasteiger partial charge in [0.15, 0.2) is 5.78 Å². The molecule has 17 heavy (non-hydrogen) atoms. The van der Waals surface area contributed by atoms with E-state index >= 15 is 0 Å². The van der Waals surface area contributed by atoms with Gasteiger partial charge in [-0.2, -0.15) is 0 Å². The van der Waals surface area contributed by atoms with Gasteiger partial charge in [-0.1, -0.05) is 32.9 Å². The smallest absolute Gasteiger partial charge is 0.170 e. The largest absolute Gasteiger partial charge is 0.303 e. The highest BCUT2D eigenvalue weighted by Crippen LogP contribution is 2.27. The Balaban J connectivity index is 3.29. The molecule has 0 aromatic heterocycles. The van der Waals surface area contributed by atoms with E-state index in [0.29, 0.717) is 11.8 Å². The average Bonchev–Trinajstić information content (AvgIpc) is 2.15. The van der Waals surface area contributed by atoms with E-state index in [1.165, 1.54) is 5.56 Å². The molecule has 0 amide bonds. The van der Waals surface area contributed by atoms with Crippen LogP contribution in [-0.4, -0.2) is 12.1 Å². The molecule has 1 aromatic rings. The fraction of sp³-hybridized carbons (Fsp3) is 0.467. The van der Waals surface area contributed by atoms with Gasteiger partial charge in [-0.25, -0.2) is 0 Å². The van der Waals surface area contributed by atoms with Gasteiger partial charge in [0.1, 0.15) is 6.29 Å². The molecule has 0 spiro atoms. The highest BCUT2D eigenvalue weighted by atomic mass is 16.1. The molecule has 0 radical (unpaired) electrons. The Labute approximate surface area is 103 Å². The lowest BCUT2D eigenvalue weighted by molar-refractivity contribution is -0.107. The second-order valence-electron chi connectivity index (χ2n) is 5.53. The molecule has 0 atom stereocenters. The van der Waals surface area contributed by atoms with Crippen LogP contribution < -0.4 is 0 Å². The normalized spacial score (nSPS) is 11.4. The molecule has 0 N–H and O–H groups in total. The van der Waals surface area contributed by atoms with Crippen molar-refractivity contribution in [3.05, 3.63) is 34.4 Å². The number of aryl methyl sites for hydroxylation is 2. The molecule has 0 aliphatic heterocycles. The Morgan fingerprint density at radius 1 is 1.18 bits per heavy atom. The van der Waals surface area contributed by atoms with Gasteiger partial charge in [0, 0.05) is 5.56 Å². The quantitative estimate of drug-likeness (QED) is 0.455. The van der Waals surface area contributed by atoms with Crippen LogP contribution in [-0.2, 0) is 10.2 Å². The summed E-state index contributed by atoms with van der Waals surface area (Å²) in [6.45, 7) is 10.3. The van der Waals surface area contributed by atoms with Gasteiger partial charge in [0.05, 0.1) is 6.42 Å². The van der Waals surface area contributed by atoms with Crippen molar-refractivity contribution in [1.82, 2.24) is 0 Å². The number of aldehydes is 1. The van der Waals surface area contributed by atoms with E-state index in [0.717, 1.165) is 11.1 Å². The maximum Gasteiger partial charge on any atom is 0.170 e. The minimum Gasteiger partial charge on any atom is -0.303 e. The molecule has 0 heterocycles. The summed E-state index contributed by atoms with van der Waals surface area (Å²) >= 11 is 0. The van der Waals surface area contributed by atoms with E-state index in [1.54, 1.807) is 0 Å². The molecule has 0 fully saturated rings. The fourth-order valence-electron chi connectivity index (χ4n) is 2.01. The number of hydrogen-bond donors (Lipinski definition) is 0. The molecule has 0 saturated heterocycles. The third-order valence-corrected chi connectivity index (χ3v) is 2.95. The molecular weight excluding hydrogens is 212 g/mol. The zero-order valence-corrected chi connectivity index (χ0v) is 11.3. The molecule has 92 valence electrons. The molecule has 2 heteroatoms. The van der Waals surface area contributed by atoms with Crippen molar-refractivity contribution >= 4 is 12.1 Å². The van der Waals surface area contributed by atoms with Crippen molar-refractivity contribution in [3.63, 3.8) is 0 Å². The summed E-state index contributed by atoms with van der Waals surface area (Å²) in [5.74, 6) is -0.0875. The maximum absolute atomic E-state index is 11.8. The van der Waals surface area contributed by atoms with Crippen molar-refractivity contribution < 1.29 is 9.59 Å². The van der Waals surface area contributed by atoms with Gasteiger partial charge in [0.25, 0.3) is 0 Å². The van der Waals surface area contributed by atoms with E-state index in [9.17, 15) is 9.59 Å². The number of carbonyl (C=O) groups is 2. The summed E-state index contributed by atoms with van der Waals surface area (Å²) in [4.78, 5) is 22.2. The summed E-state index contributed by atoms with van der Waals surface area (Å²) in [5.41, 5.74) is 3.91. The van der Waals surface area contributed by atoms with E-state index in [1.807, 2.05) is 26.0 Å². The predicted molar refractivity (Wildman–Crippen MR) is 69.6 cm³/mol. The summed E-state index contributed by atoms with van der Waals surface area (Å²) in [6, 6.07) is 4.09. The van der Waals surface area contributed by atoms with Gasteiger partial charge in [-0.15, -0.1) is 0 Å². The number of rotatable bonds is 3. The monoisotopic (exact) mass is 232 g/mol. The SMILES string of the molecule is Cc1cc(C(C)(C)C)cc(C)c1C(=O)CC=O. The average molecular weight is 232 g/mol. The zero-order valence-electron chi connectivity index (χ0n) is 11.3. The molecule has 0 aliphatic rings. The third kappa shape index (κ3) is 3.02. The summed E-state index contributed by atoms with van der Waals surface area (Å²) < 4.78 is 0. The minimum atomic E-state index is -0.0875. The molecular formula is C15H20O2. The van der Waals surface area contributed by atoms with Crippen molar-refractivity contribution in [2.45, 2.75) is 46.5 Å². The second kappa shape index (κ2) is 4.82. The first kappa shape index (κ1) is 13.6. The van der Waals surface area contributed by atoms with E-state index in [4.69, 9.17) is 0 Å². The number of carbonyl (C=O) groups excluding carboxylic acids is 2. The van der Waals surface area contributed by atoms with Crippen LogP contribution in [0.3, 0.4) is 0 Å². The number of ketones is 1. The van der Waals surface area contributed by atoms with Crippen LogP contribution in [0.4, 0.5) is 0 Å². The van der Waals surface area contributed by atoms with Crippen LogP contribution in [0.5, 0.6) is 0 Å². The Morgan fingerprint density at radius 2 is 1.65 bits per heavy atom. The Hall–Kier alpha value is -1.44. The summed E-state index contributed by atoms with van der Waals surface area (Å²) in [7, 11) is 0. The zero-order chi connectivity index (χ0) is 13.2. The van der Waals surface area contributed by atoms with Gasteiger partial charge in [-0.3, -0.25) is 4.79 Å². The van der Waals surface area contributed by atoms with Crippen LogP contribution in [0.25, 0.3) is 0 Å². The minimum absolute atomic E-state index is 0.0312. The highest BCUT2D eigenvalue weighted by Gasteiger charge is 2.18. The third-order valence-electron chi connectivity index (χ3n) is 2.95. The maximum atomic E-state index is 11.8. The first-order chi connectivity index (χ1) is 7.77. The van der Waals surface area contributed by atoms with Crippen LogP contribution in [0, 0.1) is 13.8 Å². The molecule has 0 unspecified atom stereocenters. The lowest BCUT2D eigenvalue weighted by Crippen LogP contribution is -2.14. The van der Waals surface area contributed by atoms with Crippen molar-refractivity contribution in [3.8, 4) is 0 Å². The van der Waals surface area contributed by atoms with E-state index < -0.39 is 0 Å². The lowest BCUT2D eigenvalue weighted by atomic mass is 9.83. The standard InChI is InChI=1S/C15H20O2/c1-10-8-12(15(3,4)5)9-11(2)14(10)13(17)6-7-16/h7-9H,6H2,1-5H3. The van der Waals surface area contributed by atoms with E-state index in [-0.39, 0.29) is 17.6 Å². The Kier molecular flexibility index (Phi) is 3.87. The van der Waals surface area contributed by atoms with Crippen LogP contribution in [0.15, 0.2) is 12.1 Å². The van der Waals surface area contributed by atoms with Gasteiger partial charge in [-0.05, 0) is 36.0 Å². The first-order valence-electron chi connectivity index (χ1n) is 5.86. The Morgan fingerprint density at radius 3 is 2.00 bits per heavy atom. The van der Waals surface area contributed by atoms with Crippen molar-refractivity contribution in [1.29, 1.82) is 0 Å². The molecule has 2 nitrogen and oxygen atoms in total. The van der Waals surface area contributed by atoms with Gasteiger partial charge < -0.3 is 4.79 Å². The van der Waals surface area contributed by atoms with Crippen molar-refractivity contribution in [2.75, 3.05) is 0 Å². The predicted octanol–water partition coefficient (Wildman–Crippen LogP) is 3.37. The molecule has 0 bridgehead atoms. The molecule has 1 aromatic carbocycles. The van der Waals surface area contributed by atoms with Crippen LogP contribution in [0.1, 0.15) is 54.2 Å². The number of benzene rings is 1. The van der Waals surface area contributed by atoms with Crippen molar-refractivity contribution in [2.24, 2.45) is 0 Å². The van der Waals surface area contributed by atoms with Crippen LogP contribution >= 0.6 is 0 Å². The van der Waals surface area contributed by atoms with E-state index in [2.05, 4.69) is 20.8 Å². The van der Waals surface area contributed by atoms with Gasteiger partial charge in [0.2, 0.25) is 0 Å². The number of Topliss-reactive ketones (excluding diaryl/α,β-unsaturated/α-hetero) is 1. The first-order valence-corrected chi connectivity index (χ1v) is 5.86. The van der Waals surface area contributed by atoms with Gasteiger partial charge >= 0.3 is 0 Å². The second-order valence-corrected chi connectivity index (χ2v) is 5.53. The lowest BCUT2D eigenvalue weighted by Gasteiger charge is -2.21. The number of hydrogen-bond acceptors (Lipinski definition) is 2. The summed E-state index contributed by atoms with van der Waals surface area (Å²) in [5, 5.41) is 0. The highest BCUT2D eigenvalue weighted by molar-refractivity contribution is 6.04. The molecule has 1 rings (SSSR count). The summed E-state index contributed by atoms with van der Waals surface area (Å²) in [6.07, 6.45) is 0.634. The Bertz CT molecular complexity index is 427. The molecule has 0 aliphatic carbocycles. The molecule has 0 saturated carbocycles.